The average Bonchev–Trinajstić information content (AvgIpc) is 3.58. The normalized spacial score (nSPS) is 14.6. The Morgan fingerprint density at radius 3 is 2.51 bits per heavy atom. The molecule has 0 aliphatic carbocycles. The van der Waals surface area contributed by atoms with Crippen LogP contribution < -0.4 is 10.1 Å². The second-order valence-electron chi connectivity index (χ2n) is 10.9. The van der Waals surface area contributed by atoms with Gasteiger partial charge in [-0.3, -0.25) is 14.5 Å². The zero-order valence-corrected chi connectivity index (χ0v) is 23.5. The Labute approximate surface area is 228 Å². The number of pyridine rings is 1. The number of nitrogens with one attached hydrogen (secondary N) is 1. The monoisotopic (exact) mass is 547 g/mol. The maximum Gasteiger partial charge on any atom is 0.243 e. The lowest BCUT2D eigenvalue weighted by Gasteiger charge is -2.18. The van der Waals surface area contributed by atoms with Crippen LogP contribution in [0.2, 0.25) is 0 Å². The Bertz CT molecular complexity index is 1630. The number of nitrogens with zero attached hydrogens (tertiary/aromatic N) is 4. The quantitative estimate of drug-likeness (QED) is 0.339. The third kappa shape index (κ3) is 5.81. The number of hydrogen-bond donors (Lipinski definition) is 1. The van der Waals surface area contributed by atoms with E-state index in [4.69, 9.17) is 4.74 Å². The Kier molecular flexibility index (Phi) is 7.17. The minimum atomic E-state index is -3.57. The fourth-order valence-electron chi connectivity index (χ4n) is 4.63. The molecule has 10 heteroatoms. The van der Waals surface area contributed by atoms with E-state index in [1.807, 2.05) is 56.8 Å². The summed E-state index contributed by atoms with van der Waals surface area (Å²) in [6.07, 6.45) is 7.07. The standard InChI is InChI=1S/C29H33N5O4S/c1-20-15-21(16-28(35)32-22-18-31-34(19-22)29(2,3)4)7-10-26(20)38-27-11-12-30-25-9-8-23(17-24(25)27)39(36,37)33-13-5-6-14-33/h7-12,15,17-19H,5-6,13-14,16H2,1-4H3,(H,32,35). The van der Waals surface area contributed by atoms with E-state index < -0.39 is 10.0 Å². The highest BCUT2D eigenvalue weighted by Gasteiger charge is 2.27. The van der Waals surface area contributed by atoms with Gasteiger partial charge in [-0.25, -0.2) is 8.42 Å². The molecule has 1 aliphatic rings. The summed E-state index contributed by atoms with van der Waals surface area (Å²) in [6.45, 7) is 9.13. The maximum absolute atomic E-state index is 13.1. The first-order valence-corrected chi connectivity index (χ1v) is 14.5. The van der Waals surface area contributed by atoms with Crippen molar-refractivity contribution in [3.63, 3.8) is 0 Å². The third-order valence-electron chi connectivity index (χ3n) is 6.75. The zero-order valence-electron chi connectivity index (χ0n) is 22.6. The lowest BCUT2D eigenvalue weighted by Crippen LogP contribution is -2.27. The van der Waals surface area contributed by atoms with E-state index in [1.165, 1.54) is 4.31 Å². The van der Waals surface area contributed by atoms with Crippen LogP contribution >= 0.6 is 0 Å². The molecule has 4 aromatic rings. The number of ether oxygens (including phenoxy) is 1. The summed E-state index contributed by atoms with van der Waals surface area (Å²) in [6, 6.07) is 12.3. The van der Waals surface area contributed by atoms with Crippen molar-refractivity contribution >= 4 is 32.5 Å². The van der Waals surface area contributed by atoms with Crippen LogP contribution in [0.1, 0.15) is 44.7 Å². The molecule has 0 unspecified atom stereocenters. The van der Waals surface area contributed by atoms with E-state index in [1.54, 1.807) is 36.7 Å². The fourth-order valence-corrected chi connectivity index (χ4v) is 6.17. The van der Waals surface area contributed by atoms with Crippen LogP contribution in [0.15, 0.2) is 66.0 Å². The average molecular weight is 548 g/mol. The molecule has 0 spiro atoms. The summed E-state index contributed by atoms with van der Waals surface area (Å²) in [4.78, 5) is 17.3. The number of rotatable bonds is 7. The van der Waals surface area contributed by atoms with E-state index in [9.17, 15) is 13.2 Å². The van der Waals surface area contributed by atoms with Crippen molar-refractivity contribution in [2.45, 2.75) is 57.4 Å². The molecule has 2 aromatic carbocycles. The van der Waals surface area contributed by atoms with Crippen LogP contribution in [0, 0.1) is 6.92 Å². The molecule has 9 nitrogen and oxygen atoms in total. The van der Waals surface area contributed by atoms with E-state index >= 15 is 0 Å². The van der Waals surface area contributed by atoms with Crippen molar-refractivity contribution < 1.29 is 17.9 Å². The SMILES string of the molecule is Cc1cc(CC(=O)Nc2cnn(C(C)(C)C)c2)ccc1Oc1ccnc2ccc(S(=O)(=O)N3CCCC3)cc12. The summed E-state index contributed by atoms with van der Waals surface area (Å²) in [5.74, 6) is 0.997. The lowest BCUT2D eigenvalue weighted by molar-refractivity contribution is -0.115. The van der Waals surface area contributed by atoms with Gasteiger partial charge in [0.25, 0.3) is 0 Å². The molecule has 0 bridgehead atoms. The highest BCUT2D eigenvalue weighted by molar-refractivity contribution is 7.89. The van der Waals surface area contributed by atoms with Crippen molar-refractivity contribution in [3.05, 3.63) is 72.2 Å². The van der Waals surface area contributed by atoms with Gasteiger partial charge in [-0.15, -0.1) is 0 Å². The fraction of sp³-hybridized carbons (Fsp3) is 0.345. The van der Waals surface area contributed by atoms with Gasteiger partial charge in [0.15, 0.2) is 0 Å². The third-order valence-corrected chi connectivity index (χ3v) is 8.65. The number of aryl methyl sites for hydroxylation is 1. The Morgan fingerprint density at radius 1 is 1.05 bits per heavy atom. The molecule has 0 atom stereocenters. The van der Waals surface area contributed by atoms with Gasteiger partial charge < -0.3 is 10.1 Å². The Morgan fingerprint density at radius 2 is 1.82 bits per heavy atom. The second-order valence-corrected chi connectivity index (χ2v) is 12.8. The molecule has 204 valence electrons. The number of carbonyl (C=O) groups excluding carboxylic acids is 1. The molecule has 2 aromatic heterocycles. The number of carbonyl (C=O) groups is 1. The van der Waals surface area contributed by atoms with E-state index in [2.05, 4.69) is 15.4 Å². The molecule has 3 heterocycles. The molecule has 0 radical (unpaired) electrons. The minimum absolute atomic E-state index is 0.136. The number of sulfonamides is 1. The maximum atomic E-state index is 13.1. The molecule has 1 N–H and O–H groups in total. The van der Waals surface area contributed by atoms with E-state index in [-0.39, 0.29) is 22.8 Å². The van der Waals surface area contributed by atoms with Gasteiger partial charge in [0.2, 0.25) is 15.9 Å². The van der Waals surface area contributed by atoms with Gasteiger partial charge in [-0.05, 0) is 82.0 Å². The summed E-state index contributed by atoms with van der Waals surface area (Å²) in [5, 5.41) is 7.84. The number of benzene rings is 2. The predicted octanol–water partition coefficient (Wildman–Crippen LogP) is 5.25. The first-order valence-electron chi connectivity index (χ1n) is 13.0. The van der Waals surface area contributed by atoms with Gasteiger partial charge in [0.05, 0.1) is 34.3 Å². The Hall–Kier alpha value is -3.76. The molecule has 39 heavy (non-hydrogen) atoms. The highest BCUT2D eigenvalue weighted by Crippen LogP contribution is 2.33. The van der Waals surface area contributed by atoms with Crippen molar-refractivity contribution in [1.82, 2.24) is 19.1 Å². The number of hydrogen-bond acceptors (Lipinski definition) is 6. The number of aromatic nitrogens is 3. The highest BCUT2D eigenvalue weighted by atomic mass is 32.2. The van der Waals surface area contributed by atoms with Crippen LogP contribution in [-0.4, -0.2) is 46.5 Å². The van der Waals surface area contributed by atoms with Crippen LogP contribution in [0.25, 0.3) is 10.9 Å². The summed E-state index contributed by atoms with van der Waals surface area (Å²) >= 11 is 0. The molecule has 5 rings (SSSR count). The molecular weight excluding hydrogens is 514 g/mol. The second kappa shape index (κ2) is 10.4. The van der Waals surface area contributed by atoms with Crippen LogP contribution in [0.3, 0.4) is 0 Å². The van der Waals surface area contributed by atoms with E-state index in [0.717, 1.165) is 24.0 Å². The first kappa shape index (κ1) is 26.8. The smallest absolute Gasteiger partial charge is 0.243 e. The van der Waals surface area contributed by atoms with Gasteiger partial charge >= 0.3 is 0 Å². The molecule has 1 aliphatic heterocycles. The van der Waals surface area contributed by atoms with E-state index in [0.29, 0.717) is 41.2 Å². The summed E-state index contributed by atoms with van der Waals surface area (Å²) in [7, 11) is -3.57. The molecule has 1 saturated heterocycles. The van der Waals surface area contributed by atoms with Crippen molar-refractivity contribution in [3.8, 4) is 11.5 Å². The van der Waals surface area contributed by atoms with Crippen molar-refractivity contribution in [2.75, 3.05) is 18.4 Å². The summed E-state index contributed by atoms with van der Waals surface area (Å²) < 4.78 is 35.8. The van der Waals surface area contributed by atoms with Crippen LogP contribution in [0.4, 0.5) is 5.69 Å². The topological polar surface area (TPSA) is 106 Å². The largest absolute Gasteiger partial charge is 0.456 e. The first-order chi connectivity index (χ1) is 18.5. The predicted molar refractivity (Wildman–Crippen MR) is 151 cm³/mol. The molecule has 1 fully saturated rings. The van der Waals surface area contributed by atoms with Gasteiger partial charge in [0.1, 0.15) is 11.5 Å². The van der Waals surface area contributed by atoms with Gasteiger partial charge in [0, 0.05) is 30.9 Å². The zero-order chi connectivity index (χ0) is 27.8. The van der Waals surface area contributed by atoms with Crippen LogP contribution in [-0.2, 0) is 26.8 Å². The van der Waals surface area contributed by atoms with Crippen LogP contribution in [0.5, 0.6) is 11.5 Å². The number of anilines is 1. The molecule has 0 saturated carbocycles. The van der Waals surface area contributed by atoms with Crippen molar-refractivity contribution in [1.29, 1.82) is 0 Å². The minimum Gasteiger partial charge on any atom is -0.456 e. The van der Waals surface area contributed by atoms with Crippen molar-refractivity contribution in [2.24, 2.45) is 0 Å². The van der Waals surface area contributed by atoms with Gasteiger partial charge in [-0.1, -0.05) is 12.1 Å². The summed E-state index contributed by atoms with van der Waals surface area (Å²) in [5.41, 5.74) is 2.83. The Balaban J connectivity index is 1.32. The number of amides is 1. The van der Waals surface area contributed by atoms with Gasteiger partial charge in [-0.2, -0.15) is 9.40 Å². The number of fused-ring (bicyclic) bond motifs is 1. The molecular formula is C29H33N5O4S. The lowest BCUT2D eigenvalue weighted by atomic mass is 10.1. The molecule has 1 amide bonds.